The van der Waals surface area contributed by atoms with E-state index in [-0.39, 0.29) is 10.6 Å². The molecule has 0 amide bonds. The number of anilines is 1. The minimum Gasteiger partial charge on any atom is -0.353 e. The summed E-state index contributed by atoms with van der Waals surface area (Å²) in [5.74, 6) is 0.631. The van der Waals surface area contributed by atoms with E-state index in [1.807, 2.05) is 11.9 Å². The Hall–Kier alpha value is -1.63. The fraction of sp³-hybridized carbons (Fsp3) is 0.786. The summed E-state index contributed by atoms with van der Waals surface area (Å²) in [5.41, 5.74) is 0.633. The molecule has 0 saturated carbocycles. The Balaban J connectivity index is 2.24. The molecule has 118 valence electrons. The van der Waals surface area contributed by atoms with Crippen LogP contribution in [0.15, 0.2) is 0 Å². The molecule has 0 aliphatic carbocycles. The smallest absolute Gasteiger partial charge is 0.333 e. The number of aromatic nitrogens is 2. The highest BCUT2D eigenvalue weighted by atomic mass is 16.6. The second-order valence-electron chi connectivity index (χ2n) is 5.77. The van der Waals surface area contributed by atoms with Gasteiger partial charge in [0.25, 0.3) is 0 Å². The van der Waals surface area contributed by atoms with Gasteiger partial charge in [0.2, 0.25) is 5.82 Å². The van der Waals surface area contributed by atoms with Gasteiger partial charge in [0.1, 0.15) is 5.69 Å². The minimum atomic E-state index is -0.311. The van der Waals surface area contributed by atoms with Crippen LogP contribution >= 0.6 is 0 Å². The highest BCUT2D eigenvalue weighted by molar-refractivity contribution is 5.61. The zero-order valence-electron chi connectivity index (χ0n) is 13.1. The van der Waals surface area contributed by atoms with Crippen molar-refractivity contribution in [3.8, 4) is 0 Å². The second-order valence-corrected chi connectivity index (χ2v) is 5.77. The molecule has 0 radical (unpaired) electrons. The first-order valence-corrected chi connectivity index (χ1v) is 7.71. The number of nitrogens with zero attached hydrogens (tertiary/aromatic N) is 4. The molecule has 1 aliphatic rings. The molecule has 0 aromatic carbocycles. The summed E-state index contributed by atoms with van der Waals surface area (Å²) in [6.07, 6.45) is 4.47. The van der Waals surface area contributed by atoms with E-state index in [9.17, 15) is 10.1 Å². The lowest BCUT2D eigenvalue weighted by Gasteiger charge is -2.29. The molecule has 7 heteroatoms. The number of nitro groups is 1. The quantitative estimate of drug-likeness (QED) is 0.642. The van der Waals surface area contributed by atoms with Crippen molar-refractivity contribution in [2.24, 2.45) is 0 Å². The molecule has 1 aliphatic heterocycles. The number of aryl methyl sites for hydroxylation is 2. The van der Waals surface area contributed by atoms with Gasteiger partial charge >= 0.3 is 5.69 Å². The average molecular weight is 295 g/mol. The van der Waals surface area contributed by atoms with Crippen LogP contribution in [0.25, 0.3) is 0 Å². The lowest BCUT2D eigenvalue weighted by atomic mass is 10.0. The predicted molar refractivity (Wildman–Crippen MR) is 82.8 cm³/mol. The van der Waals surface area contributed by atoms with Gasteiger partial charge in [-0.2, -0.15) is 5.10 Å². The van der Waals surface area contributed by atoms with Crippen LogP contribution in [0, 0.1) is 17.0 Å². The summed E-state index contributed by atoms with van der Waals surface area (Å²) in [4.78, 5) is 13.0. The average Bonchev–Trinajstić information content (AvgIpc) is 2.77. The summed E-state index contributed by atoms with van der Waals surface area (Å²) in [5, 5.41) is 19.2. The third-order valence-corrected chi connectivity index (χ3v) is 3.96. The Morgan fingerprint density at radius 2 is 2.29 bits per heavy atom. The minimum absolute atomic E-state index is 0.141. The van der Waals surface area contributed by atoms with Gasteiger partial charge in [0, 0.05) is 26.2 Å². The predicted octanol–water partition coefficient (Wildman–Crippen LogP) is 2.09. The Morgan fingerprint density at radius 1 is 1.52 bits per heavy atom. The molecule has 1 saturated heterocycles. The van der Waals surface area contributed by atoms with Gasteiger partial charge in [-0.05, 0) is 32.7 Å². The molecular weight excluding hydrogens is 270 g/mol. The molecule has 2 rings (SSSR count). The maximum absolute atomic E-state index is 11.4. The first-order valence-electron chi connectivity index (χ1n) is 7.71. The van der Waals surface area contributed by atoms with Crippen LogP contribution in [0.4, 0.5) is 11.5 Å². The molecule has 0 bridgehead atoms. The van der Waals surface area contributed by atoms with Crippen molar-refractivity contribution >= 4 is 11.5 Å². The molecule has 1 atom stereocenters. The molecule has 1 aromatic rings. The van der Waals surface area contributed by atoms with Crippen LogP contribution in [0.1, 0.15) is 38.3 Å². The summed E-state index contributed by atoms with van der Waals surface area (Å²) in [7, 11) is 1.92. The van der Waals surface area contributed by atoms with Crippen molar-refractivity contribution in [3.63, 3.8) is 0 Å². The molecule has 1 fully saturated rings. The van der Waals surface area contributed by atoms with Crippen molar-refractivity contribution in [2.45, 2.75) is 52.1 Å². The van der Waals surface area contributed by atoms with Gasteiger partial charge in [-0.1, -0.05) is 13.3 Å². The first-order chi connectivity index (χ1) is 10.0. The summed E-state index contributed by atoms with van der Waals surface area (Å²) < 4.78 is 1.77. The highest BCUT2D eigenvalue weighted by Gasteiger charge is 2.29. The summed E-state index contributed by atoms with van der Waals surface area (Å²) >= 11 is 0. The number of hydrogen-bond acceptors (Lipinski definition) is 5. The van der Waals surface area contributed by atoms with Crippen molar-refractivity contribution in [2.75, 3.05) is 25.0 Å². The first kappa shape index (κ1) is 15.8. The molecule has 7 nitrogen and oxygen atoms in total. The summed E-state index contributed by atoms with van der Waals surface area (Å²) in [6, 6.07) is 0.397. The fourth-order valence-electron chi connectivity index (χ4n) is 3.02. The molecule has 21 heavy (non-hydrogen) atoms. The standard InChI is InChI=1S/C14H25N5O2/c1-4-9-18-14(13(19(20)21)11(2)16-18)17(3)10-12-7-5-6-8-15-12/h12,15H,4-10H2,1-3H3. The SMILES string of the molecule is CCCn1nc(C)c([N+](=O)[O-])c1N(C)CC1CCCCN1. The van der Waals surface area contributed by atoms with Gasteiger partial charge in [0.15, 0.2) is 0 Å². The Bertz CT molecular complexity index is 494. The molecule has 1 aromatic heterocycles. The number of rotatable bonds is 6. The van der Waals surface area contributed by atoms with Crippen LogP contribution in [-0.2, 0) is 6.54 Å². The third kappa shape index (κ3) is 3.53. The van der Waals surface area contributed by atoms with Gasteiger partial charge in [-0.15, -0.1) is 0 Å². The van der Waals surface area contributed by atoms with Gasteiger partial charge in [0.05, 0.1) is 4.92 Å². The maximum Gasteiger partial charge on any atom is 0.333 e. The van der Waals surface area contributed by atoms with E-state index in [2.05, 4.69) is 17.3 Å². The fourth-order valence-corrected chi connectivity index (χ4v) is 3.02. The maximum atomic E-state index is 11.4. The van der Waals surface area contributed by atoms with Crippen molar-refractivity contribution in [1.29, 1.82) is 0 Å². The van der Waals surface area contributed by atoms with Crippen LogP contribution < -0.4 is 10.2 Å². The Morgan fingerprint density at radius 3 is 2.86 bits per heavy atom. The second kappa shape index (κ2) is 6.89. The number of likely N-dealkylation sites (N-methyl/N-ethyl adjacent to an activating group) is 1. The topological polar surface area (TPSA) is 76.2 Å². The monoisotopic (exact) mass is 295 g/mol. The van der Waals surface area contributed by atoms with E-state index in [0.717, 1.165) is 25.9 Å². The van der Waals surface area contributed by atoms with E-state index in [0.29, 0.717) is 24.1 Å². The van der Waals surface area contributed by atoms with E-state index in [1.54, 1.807) is 11.6 Å². The zero-order valence-corrected chi connectivity index (χ0v) is 13.1. The van der Waals surface area contributed by atoms with Gasteiger partial charge < -0.3 is 10.2 Å². The van der Waals surface area contributed by atoms with Crippen molar-refractivity contribution in [1.82, 2.24) is 15.1 Å². The van der Waals surface area contributed by atoms with E-state index in [1.165, 1.54) is 12.8 Å². The van der Waals surface area contributed by atoms with Crippen LogP contribution in [0.2, 0.25) is 0 Å². The van der Waals surface area contributed by atoms with Crippen molar-refractivity contribution in [3.05, 3.63) is 15.8 Å². The largest absolute Gasteiger partial charge is 0.353 e. The van der Waals surface area contributed by atoms with Gasteiger partial charge in [-0.25, -0.2) is 4.68 Å². The Labute approximate surface area is 125 Å². The third-order valence-electron chi connectivity index (χ3n) is 3.96. The van der Waals surface area contributed by atoms with Gasteiger partial charge in [-0.3, -0.25) is 10.1 Å². The lowest BCUT2D eigenvalue weighted by Crippen LogP contribution is -2.43. The van der Waals surface area contributed by atoms with Crippen LogP contribution in [-0.4, -0.2) is 40.9 Å². The number of nitrogens with one attached hydrogen (secondary N) is 1. The van der Waals surface area contributed by atoms with E-state index >= 15 is 0 Å². The van der Waals surface area contributed by atoms with Crippen LogP contribution in [0.5, 0.6) is 0 Å². The molecule has 2 heterocycles. The number of piperidine rings is 1. The molecular formula is C14H25N5O2. The Kier molecular flexibility index (Phi) is 5.17. The molecule has 1 unspecified atom stereocenters. The van der Waals surface area contributed by atoms with E-state index in [4.69, 9.17) is 0 Å². The summed E-state index contributed by atoms with van der Waals surface area (Å²) in [6.45, 7) is 6.27. The zero-order chi connectivity index (χ0) is 15.4. The highest BCUT2D eigenvalue weighted by Crippen LogP contribution is 2.31. The molecule has 0 spiro atoms. The molecule has 1 N–H and O–H groups in total. The number of hydrogen-bond donors (Lipinski definition) is 1. The van der Waals surface area contributed by atoms with E-state index < -0.39 is 0 Å². The normalized spacial score (nSPS) is 18.7. The van der Waals surface area contributed by atoms with Crippen molar-refractivity contribution < 1.29 is 4.92 Å². The van der Waals surface area contributed by atoms with Crippen LogP contribution in [0.3, 0.4) is 0 Å². The lowest BCUT2D eigenvalue weighted by molar-refractivity contribution is -0.384.